The largest absolute Gasteiger partial charge is 0.377 e. The van der Waals surface area contributed by atoms with Crippen molar-refractivity contribution in [2.75, 3.05) is 19.0 Å². The predicted octanol–water partition coefficient (Wildman–Crippen LogP) is 0.563. The van der Waals surface area contributed by atoms with Gasteiger partial charge in [0.15, 0.2) is 5.65 Å². The highest BCUT2D eigenvalue weighted by Gasteiger charge is 2.16. The molecule has 2 aromatic rings. The fourth-order valence-electron chi connectivity index (χ4n) is 1.56. The van der Waals surface area contributed by atoms with E-state index in [1.165, 1.54) is 4.40 Å². The van der Waals surface area contributed by atoms with Gasteiger partial charge in [0.25, 0.3) is 0 Å². The number of rotatable bonds is 4. The Morgan fingerprint density at radius 3 is 2.94 bits per heavy atom. The van der Waals surface area contributed by atoms with Gasteiger partial charge >= 0.3 is 5.69 Å². The summed E-state index contributed by atoms with van der Waals surface area (Å²) >= 11 is 0. The molecule has 0 spiro atoms. The molecule has 0 aromatic carbocycles. The summed E-state index contributed by atoms with van der Waals surface area (Å²) in [4.78, 5) is 15.7. The monoisotopic (exact) mass is 251 g/mol. The van der Waals surface area contributed by atoms with Gasteiger partial charge in [0.2, 0.25) is 0 Å². The highest BCUT2D eigenvalue weighted by Crippen LogP contribution is 2.12. The van der Waals surface area contributed by atoms with E-state index in [1.807, 2.05) is 13.8 Å². The Morgan fingerprint density at radius 2 is 2.28 bits per heavy atom. The summed E-state index contributed by atoms with van der Waals surface area (Å²) < 4.78 is 6.74. The summed E-state index contributed by atoms with van der Waals surface area (Å²) in [5, 5.41) is 9.48. The average molecular weight is 251 g/mol. The molecule has 0 radical (unpaired) electrons. The van der Waals surface area contributed by atoms with Gasteiger partial charge in [0.1, 0.15) is 11.6 Å². The van der Waals surface area contributed by atoms with Gasteiger partial charge in [-0.2, -0.15) is 5.10 Å². The number of ether oxygens (including phenoxy) is 1. The van der Waals surface area contributed by atoms with Gasteiger partial charge in [-0.15, -0.1) is 0 Å². The van der Waals surface area contributed by atoms with Crippen LogP contribution in [0.25, 0.3) is 5.65 Å². The van der Waals surface area contributed by atoms with Crippen LogP contribution in [0.15, 0.2) is 10.9 Å². The van der Waals surface area contributed by atoms with E-state index >= 15 is 0 Å². The Hall–Kier alpha value is -1.89. The number of aromatic nitrogens is 4. The quantitative estimate of drug-likeness (QED) is 0.829. The minimum atomic E-state index is -0.285. The first kappa shape index (κ1) is 12.6. The molecule has 0 saturated heterocycles. The molecule has 0 bridgehead atoms. The van der Waals surface area contributed by atoms with Gasteiger partial charge in [-0.05, 0) is 20.8 Å². The van der Waals surface area contributed by atoms with E-state index < -0.39 is 0 Å². The maximum atomic E-state index is 11.4. The van der Waals surface area contributed by atoms with Crippen LogP contribution in [0, 0.1) is 6.92 Å². The highest BCUT2D eigenvalue weighted by atomic mass is 16.5. The Morgan fingerprint density at radius 1 is 1.56 bits per heavy atom. The second-order valence-electron chi connectivity index (χ2n) is 4.73. The maximum Gasteiger partial charge on any atom is 0.349 e. The SMILES string of the molecule is COC(C)(C)CNc1cc2n[nH]c(=O)n2c(C)n1. The number of aryl methyl sites for hydroxylation is 1. The summed E-state index contributed by atoms with van der Waals surface area (Å²) in [7, 11) is 1.66. The first-order valence-electron chi connectivity index (χ1n) is 5.67. The van der Waals surface area contributed by atoms with Crippen molar-refractivity contribution in [3.8, 4) is 0 Å². The van der Waals surface area contributed by atoms with E-state index in [-0.39, 0.29) is 11.3 Å². The fourth-order valence-corrected chi connectivity index (χ4v) is 1.56. The van der Waals surface area contributed by atoms with E-state index in [0.717, 1.165) is 0 Å². The van der Waals surface area contributed by atoms with E-state index in [1.54, 1.807) is 20.1 Å². The molecule has 0 unspecified atom stereocenters. The molecule has 2 N–H and O–H groups in total. The molecule has 98 valence electrons. The van der Waals surface area contributed by atoms with Crippen molar-refractivity contribution in [2.24, 2.45) is 0 Å². The number of nitrogens with one attached hydrogen (secondary N) is 2. The van der Waals surface area contributed by atoms with Crippen molar-refractivity contribution in [1.29, 1.82) is 0 Å². The summed E-state index contributed by atoms with van der Waals surface area (Å²) in [6.07, 6.45) is 0. The van der Waals surface area contributed by atoms with Crippen LogP contribution in [-0.2, 0) is 4.74 Å². The zero-order valence-electron chi connectivity index (χ0n) is 10.9. The van der Waals surface area contributed by atoms with Crippen molar-refractivity contribution < 1.29 is 4.74 Å². The van der Waals surface area contributed by atoms with Crippen molar-refractivity contribution in [3.63, 3.8) is 0 Å². The van der Waals surface area contributed by atoms with E-state index in [0.29, 0.717) is 23.8 Å². The molecule has 0 amide bonds. The minimum absolute atomic E-state index is 0.279. The van der Waals surface area contributed by atoms with Crippen LogP contribution in [-0.4, -0.2) is 38.8 Å². The molecule has 2 aromatic heterocycles. The standard InChI is InChI=1S/C11H17N5O2/c1-7-13-8(12-6-11(2,3)18-4)5-9-14-15-10(17)16(7)9/h5,12H,6H2,1-4H3,(H,15,17). The summed E-state index contributed by atoms with van der Waals surface area (Å²) in [6, 6.07) is 1.72. The number of aromatic amines is 1. The van der Waals surface area contributed by atoms with Gasteiger partial charge in [-0.25, -0.2) is 19.3 Å². The van der Waals surface area contributed by atoms with Crippen LogP contribution in [0.5, 0.6) is 0 Å². The smallest absolute Gasteiger partial charge is 0.349 e. The summed E-state index contributed by atoms with van der Waals surface area (Å²) in [5.74, 6) is 1.26. The first-order chi connectivity index (χ1) is 8.43. The normalized spacial score (nSPS) is 12.0. The number of fused-ring (bicyclic) bond motifs is 1. The highest BCUT2D eigenvalue weighted by molar-refractivity contribution is 5.49. The lowest BCUT2D eigenvalue weighted by Crippen LogP contribution is -2.32. The average Bonchev–Trinajstić information content (AvgIpc) is 2.69. The molecule has 0 fully saturated rings. The Balaban J connectivity index is 2.28. The van der Waals surface area contributed by atoms with Gasteiger partial charge in [0.05, 0.1) is 5.60 Å². The second kappa shape index (κ2) is 4.41. The Kier molecular flexibility index (Phi) is 3.08. The molecule has 2 heterocycles. The molecule has 7 heteroatoms. The van der Waals surface area contributed by atoms with Crippen LogP contribution >= 0.6 is 0 Å². The molecular weight excluding hydrogens is 234 g/mol. The summed E-state index contributed by atoms with van der Waals surface area (Å²) in [5.41, 5.74) is -0.0172. The van der Waals surface area contributed by atoms with E-state index in [4.69, 9.17) is 4.74 Å². The topological polar surface area (TPSA) is 84.3 Å². The van der Waals surface area contributed by atoms with Crippen molar-refractivity contribution in [2.45, 2.75) is 26.4 Å². The number of hydrogen-bond donors (Lipinski definition) is 2. The lowest BCUT2D eigenvalue weighted by molar-refractivity contribution is 0.0343. The van der Waals surface area contributed by atoms with Gasteiger partial charge in [0, 0.05) is 19.7 Å². The van der Waals surface area contributed by atoms with Gasteiger partial charge in [-0.3, -0.25) is 0 Å². The third kappa shape index (κ3) is 2.35. The molecule has 7 nitrogen and oxygen atoms in total. The van der Waals surface area contributed by atoms with E-state index in [9.17, 15) is 4.79 Å². The van der Waals surface area contributed by atoms with Crippen molar-refractivity contribution in [1.82, 2.24) is 19.6 Å². The van der Waals surface area contributed by atoms with Crippen molar-refractivity contribution >= 4 is 11.5 Å². The lowest BCUT2D eigenvalue weighted by Gasteiger charge is -2.23. The molecule has 0 aliphatic heterocycles. The third-order valence-electron chi connectivity index (χ3n) is 2.82. The molecule has 2 rings (SSSR count). The first-order valence-corrected chi connectivity index (χ1v) is 5.67. The minimum Gasteiger partial charge on any atom is -0.377 e. The molecule has 0 saturated carbocycles. The third-order valence-corrected chi connectivity index (χ3v) is 2.82. The molecule has 0 atom stereocenters. The van der Waals surface area contributed by atoms with Crippen LogP contribution < -0.4 is 11.0 Å². The second-order valence-corrected chi connectivity index (χ2v) is 4.73. The zero-order valence-corrected chi connectivity index (χ0v) is 10.9. The van der Waals surface area contributed by atoms with Gasteiger partial charge in [-0.1, -0.05) is 0 Å². The lowest BCUT2D eigenvalue weighted by atomic mass is 10.1. The van der Waals surface area contributed by atoms with Crippen LogP contribution in [0.4, 0.5) is 5.82 Å². The Bertz CT molecular complexity index is 613. The van der Waals surface area contributed by atoms with Crippen molar-refractivity contribution in [3.05, 3.63) is 22.4 Å². The molecular formula is C11H17N5O2. The number of anilines is 1. The summed E-state index contributed by atoms with van der Waals surface area (Å²) in [6.45, 7) is 6.33. The maximum absolute atomic E-state index is 11.4. The van der Waals surface area contributed by atoms with Crippen LogP contribution in [0.1, 0.15) is 19.7 Å². The van der Waals surface area contributed by atoms with Crippen LogP contribution in [0.3, 0.4) is 0 Å². The fraction of sp³-hybridized carbons (Fsp3) is 0.545. The number of nitrogens with zero attached hydrogens (tertiary/aromatic N) is 3. The van der Waals surface area contributed by atoms with Crippen LogP contribution in [0.2, 0.25) is 0 Å². The predicted molar refractivity (Wildman–Crippen MR) is 67.9 cm³/mol. The number of methoxy groups -OCH3 is 1. The van der Waals surface area contributed by atoms with Gasteiger partial charge < -0.3 is 10.1 Å². The zero-order chi connectivity index (χ0) is 13.3. The molecule has 0 aliphatic carbocycles. The molecule has 18 heavy (non-hydrogen) atoms. The number of hydrogen-bond acceptors (Lipinski definition) is 5. The number of H-pyrrole nitrogens is 1. The Labute approximate surface area is 104 Å². The van der Waals surface area contributed by atoms with E-state index in [2.05, 4.69) is 20.5 Å². The molecule has 0 aliphatic rings.